The smallest absolute Gasteiger partial charge is 0.322 e. The summed E-state index contributed by atoms with van der Waals surface area (Å²) in [6.45, 7) is 13.3. The maximum absolute atomic E-state index is 14.2. The lowest BCUT2D eigenvalue weighted by atomic mass is 9.33. The van der Waals surface area contributed by atoms with Crippen LogP contribution in [0.25, 0.3) is 0 Å². The largest absolute Gasteiger partial charge is 0.504 e. The molecule has 1 heterocycles. The van der Waals surface area contributed by atoms with Crippen LogP contribution in [0.15, 0.2) is 35.6 Å². The number of carbonyl (C=O) groups excluding carboxylic acids is 5. The lowest BCUT2D eigenvalue weighted by molar-refractivity contribution is -0.222. The first kappa shape index (κ1) is 24.1. The van der Waals surface area contributed by atoms with Gasteiger partial charge in [0, 0.05) is 5.41 Å². The molecule has 0 aromatic carbocycles. The normalized spacial score (nSPS) is 43.1. The Morgan fingerprint density at radius 1 is 1.15 bits per heavy atom. The van der Waals surface area contributed by atoms with Gasteiger partial charge in [-0.05, 0) is 51.7 Å². The summed E-state index contributed by atoms with van der Waals surface area (Å²) in [5.74, 6) is -5.29. The number of hydrogen-bond donors (Lipinski definition) is 1. The van der Waals surface area contributed by atoms with Gasteiger partial charge in [-0.2, -0.15) is 0 Å². The number of fused-ring (bicyclic) bond motifs is 5. The van der Waals surface area contributed by atoms with E-state index in [1.165, 1.54) is 26.8 Å². The van der Waals surface area contributed by atoms with Gasteiger partial charge < -0.3 is 14.6 Å². The van der Waals surface area contributed by atoms with Crippen LogP contribution in [0.1, 0.15) is 48.0 Å². The average molecular weight is 471 g/mol. The highest BCUT2D eigenvalue weighted by Gasteiger charge is 2.84. The molecule has 0 spiro atoms. The molecular weight excluding hydrogens is 440 g/mol. The molecule has 1 saturated heterocycles. The van der Waals surface area contributed by atoms with E-state index in [1.807, 2.05) is 0 Å². The number of Topliss-reactive ketones (excluding diaryl/α,β-unsaturated/α-hetero) is 2. The molecule has 8 nitrogen and oxygen atoms in total. The first-order valence-corrected chi connectivity index (χ1v) is 11.3. The molecule has 1 N–H and O–H groups in total. The van der Waals surface area contributed by atoms with E-state index in [0.717, 1.165) is 7.11 Å². The molecular formula is C26H30O8. The van der Waals surface area contributed by atoms with E-state index >= 15 is 0 Å². The number of hydrogen-bond acceptors (Lipinski definition) is 8. The van der Waals surface area contributed by atoms with Crippen LogP contribution in [-0.4, -0.2) is 47.6 Å². The third-order valence-corrected chi connectivity index (χ3v) is 9.31. The number of aliphatic hydroxyl groups is 1. The van der Waals surface area contributed by atoms with Crippen molar-refractivity contribution in [3.8, 4) is 0 Å². The summed E-state index contributed by atoms with van der Waals surface area (Å²) in [7, 11) is 1.09. The highest BCUT2D eigenvalue weighted by molar-refractivity contribution is 6.20. The molecule has 1 saturated carbocycles. The van der Waals surface area contributed by atoms with Gasteiger partial charge in [0.25, 0.3) is 0 Å². The Labute approximate surface area is 198 Å². The number of allylic oxidation sites excluding steroid dienone is 4. The fraction of sp³-hybridized carbons (Fsp3) is 0.577. The quantitative estimate of drug-likeness (QED) is 0.352. The first-order valence-electron chi connectivity index (χ1n) is 11.3. The van der Waals surface area contributed by atoms with Crippen LogP contribution >= 0.6 is 0 Å². The Bertz CT molecular complexity index is 1170. The predicted octanol–water partition coefficient (Wildman–Crippen LogP) is 2.82. The predicted molar refractivity (Wildman–Crippen MR) is 119 cm³/mol. The minimum atomic E-state index is -2.33. The van der Waals surface area contributed by atoms with Crippen molar-refractivity contribution in [3.63, 3.8) is 0 Å². The van der Waals surface area contributed by atoms with E-state index in [9.17, 15) is 29.1 Å². The number of ketones is 3. The number of ether oxygens (including phenoxy) is 2. The molecule has 0 unspecified atom stereocenters. The van der Waals surface area contributed by atoms with E-state index < -0.39 is 68.4 Å². The number of rotatable bonds is 1. The summed E-state index contributed by atoms with van der Waals surface area (Å²) in [4.78, 5) is 68.0. The zero-order chi connectivity index (χ0) is 25.8. The van der Waals surface area contributed by atoms with Gasteiger partial charge in [0.15, 0.2) is 28.8 Å². The Morgan fingerprint density at radius 3 is 2.29 bits per heavy atom. The Balaban J connectivity index is 2.20. The van der Waals surface area contributed by atoms with E-state index in [4.69, 9.17) is 9.47 Å². The second-order valence-electron chi connectivity index (χ2n) is 11.0. The third-order valence-electron chi connectivity index (χ3n) is 9.31. The van der Waals surface area contributed by atoms with Crippen molar-refractivity contribution in [3.05, 3.63) is 35.6 Å². The molecule has 3 aliphatic carbocycles. The molecule has 6 atom stereocenters. The summed E-state index contributed by atoms with van der Waals surface area (Å²) < 4.78 is 10.4. The molecule has 0 aromatic rings. The van der Waals surface area contributed by atoms with Gasteiger partial charge in [-0.3, -0.25) is 24.0 Å². The molecule has 0 aromatic heterocycles. The zero-order valence-corrected chi connectivity index (χ0v) is 20.5. The second kappa shape index (κ2) is 6.55. The van der Waals surface area contributed by atoms with Gasteiger partial charge in [-0.25, -0.2) is 0 Å². The van der Waals surface area contributed by atoms with Gasteiger partial charge in [-0.15, -0.1) is 0 Å². The van der Waals surface area contributed by atoms with Crippen molar-refractivity contribution in [2.75, 3.05) is 7.11 Å². The maximum Gasteiger partial charge on any atom is 0.322 e. The van der Waals surface area contributed by atoms with Gasteiger partial charge in [-0.1, -0.05) is 32.1 Å². The van der Waals surface area contributed by atoms with Crippen LogP contribution in [0.3, 0.4) is 0 Å². The van der Waals surface area contributed by atoms with Crippen LogP contribution < -0.4 is 0 Å². The molecule has 182 valence electrons. The molecule has 8 heteroatoms. The van der Waals surface area contributed by atoms with Crippen molar-refractivity contribution in [2.24, 2.45) is 33.0 Å². The molecule has 1 aliphatic heterocycles. The van der Waals surface area contributed by atoms with Gasteiger partial charge in [0.1, 0.15) is 5.41 Å². The molecule has 0 bridgehead atoms. The van der Waals surface area contributed by atoms with Gasteiger partial charge >= 0.3 is 11.9 Å². The zero-order valence-electron chi connectivity index (χ0n) is 20.5. The summed E-state index contributed by atoms with van der Waals surface area (Å²) in [5, 5.41) is 11.4. The van der Waals surface area contributed by atoms with Crippen molar-refractivity contribution in [1.82, 2.24) is 0 Å². The summed E-state index contributed by atoms with van der Waals surface area (Å²) >= 11 is 0. The highest BCUT2D eigenvalue weighted by Crippen LogP contribution is 2.74. The molecule has 0 amide bonds. The van der Waals surface area contributed by atoms with Crippen LogP contribution in [0, 0.1) is 33.0 Å². The maximum atomic E-state index is 14.2. The average Bonchev–Trinajstić information content (AvgIpc) is 2.76. The van der Waals surface area contributed by atoms with Crippen molar-refractivity contribution in [1.29, 1.82) is 0 Å². The lowest BCUT2D eigenvalue weighted by Crippen LogP contribution is -2.77. The van der Waals surface area contributed by atoms with Crippen molar-refractivity contribution in [2.45, 2.75) is 54.1 Å². The monoisotopic (exact) mass is 470 g/mol. The third kappa shape index (κ3) is 2.14. The number of carbonyl (C=O) groups is 5. The van der Waals surface area contributed by atoms with E-state index in [2.05, 4.69) is 6.58 Å². The standard InChI is InChI=1S/C26H30O8/c1-12-11-14-23(5)10-9-15(27)22(3,4)17(23)16(28)19(30)25(14,7)26(21(32)33-8)18(29)13(2)34-20(31)24(12,26)6/h9-10,13-14,28H,1,11H2,2-8H3/t13-,14+,23-,24-,25+,26+/m1/s1. The van der Waals surface area contributed by atoms with Crippen LogP contribution in [0.4, 0.5) is 0 Å². The first-order chi connectivity index (χ1) is 15.5. The minimum Gasteiger partial charge on any atom is -0.504 e. The minimum absolute atomic E-state index is 0.0795. The Kier molecular flexibility index (Phi) is 4.64. The number of aliphatic hydroxyl groups excluding tert-OH is 1. The fourth-order valence-corrected chi connectivity index (χ4v) is 7.49. The van der Waals surface area contributed by atoms with Crippen molar-refractivity contribution < 1.29 is 38.6 Å². The van der Waals surface area contributed by atoms with Crippen LogP contribution in [0.2, 0.25) is 0 Å². The van der Waals surface area contributed by atoms with E-state index in [-0.39, 0.29) is 23.4 Å². The molecule has 0 radical (unpaired) electrons. The fourth-order valence-electron chi connectivity index (χ4n) is 7.49. The number of methoxy groups -OCH3 is 1. The van der Waals surface area contributed by atoms with Gasteiger partial charge in [0.2, 0.25) is 5.78 Å². The highest BCUT2D eigenvalue weighted by atomic mass is 16.6. The second-order valence-corrected chi connectivity index (χ2v) is 11.0. The number of cyclic esters (lactones) is 1. The lowest BCUT2D eigenvalue weighted by Gasteiger charge is -2.66. The summed E-state index contributed by atoms with van der Waals surface area (Å²) in [6.07, 6.45) is 1.79. The molecule has 34 heavy (non-hydrogen) atoms. The summed E-state index contributed by atoms with van der Waals surface area (Å²) in [5.41, 5.74) is -7.94. The Hall–Kier alpha value is -3.03. The topological polar surface area (TPSA) is 124 Å². The Morgan fingerprint density at radius 2 is 1.74 bits per heavy atom. The number of esters is 2. The summed E-state index contributed by atoms with van der Waals surface area (Å²) in [6, 6.07) is 0. The molecule has 4 aliphatic rings. The van der Waals surface area contributed by atoms with E-state index in [1.54, 1.807) is 26.8 Å². The van der Waals surface area contributed by atoms with E-state index in [0.29, 0.717) is 0 Å². The van der Waals surface area contributed by atoms with Gasteiger partial charge in [0.05, 0.1) is 17.9 Å². The molecule has 4 rings (SSSR count). The van der Waals surface area contributed by atoms with Crippen LogP contribution in [-0.2, 0) is 33.4 Å². The molecule has 2 fully saturated rings. The SMILES string of the molecule is C=C1C[C@H]2[C@@]3(C)C=CC(=O)C(C)(C)C3=C(O)C(=O)[C@@]2(C)[C@]2(C(=O)OC)C(=O)[C@@H](C)OC(=O)[C@@]12C. The van der Waals surface area contributed by atoms with Crippen LogP contribution in [0.5, 0.6) is 0 Å². The van der Waals surface area contributed by atoms with Crippen molar-refractivity contribution >= 4 is 29.3 Å².